The Balaban J connectivity index is 2.09. The minimum absolute atomic E-state index is 0.295. The topological polar surface area (TPSA) is 61.8 Å². The molecule has 1 unspecified atom stereocenters. The molecule has 96 valence electrons. The van der Waals surface area contributed by atoms with Crippen LogP contribution in [-0.4, -0.2) is 29.7 Å². The van der Waals surface area contributed by atoms with Crippen molar-refractivity contribution in [3.63, 3.8) is 0 Å². The summed E-state index contributed by atoms with van der Waals surface area (Å²) < 4.78 is 12.7. The van der Waals surface area contributed by atoms with E-state index in [9.17, 15) is 0 Å². The normalized spacial score (nSPS) is 20.2. The standard InChI is InChI=1S/C13H17N3O2/c1-17-10-5-2-6-16-12(14)11(15-13(10)16)9-4-3-7-18-8-9/h2,5-6,9H,3-4,7-8,14H2,1H3. The number of rotatable bonds is 2. The average Bonchev–Trinajstić information content (AvgIpc) is 2.77. The molecule has 2 N–H and O–H groups in total. The fourth-order valence-corrected chi connectivity index (χ4v) is 2.49. The second kappa shape index (κ2) is 4.49. The number of methoxy groups -OCH3 is 1. The third-order valence-corrected chi connectivity index (χ3v) is 3.45. The van der Waals surface area contributed by atoms with Crippen LogP contribution in [0.15, 0.2) is 18.3 Å². The molecule has 5 nitrogen and oxygen atoms in total. The van der Waals surface area contributed by atoms with E-state index in [0.29, 0.717) is 18.3 Å². The van der Waals surface area contributed by atoms with Crippen LogP contribution in [0.2, 0.25) is 0 Å². The van der Waals surface area contributed by atoms with Crippen molar-refractivity contribution in [3.8, 4) is 5.75 Å². The summed E-state index contributed by atoms with van der Waals surface area (Å²) in [5, 5.41) is 0. The number of fused-ring (bicyclic) bond motifs is 1. The molecule has 1 fully saturated rings. The van der Waals surface area contributed by atoms with Crippen molar-refractivity contribution in [3.05, 3.63) is 24.0 Å². The zero-order chi connectivity index (χ0) is 12.5. The highest BCUT2D eigenvalue weighted by Gasteiger charge is 2.23. The maximum absolute atomic E-state index is 6.18. The SMILES string of the molecule is COc1cccn2c(N)c(C3CCCOC3)nc12. The van der Waals surface area contributed by atoms with Crippen LogP contribution in [0, 0.1) is 0 Å². The second-order valence-corrected chi connectivity index (χ2v) is 4.57. The molecule has 5 heteroatoms. The smallest absolute Gasteiger partial charge is 0.181 e. The highest BCUT2D eigenvalue weighted by Crippen LogP contribution is 2.31. The summed E-state index contributed by atoms with van der Waals surface area (Å²) >= 11 is 0. The van der Waals surface area contributed by atoms with Crippen molar-refractivity contribution in [2.75, 3.05) is 26.1 Å². The van der Waals surface area contributed by atoms with Crippen LogP contribution in [0.5, 0.6) is 5.75 Å². The van der Waals surface area contributed by atoms with E-state index in [0.717, 1.165) is 36.5 Å². The number of hydrogen-bond donors (Lipinski definition) is 1. The highest BCUT2D eigenvalue weighted by atomic mass is 16.5. The van der Waals surface area contributed by atoms with E-state index in [1.165, 1.54) is 0 Å². The molecule has 1 saturated heterocycles. The summed E-state index contributed by atoms with van der Waals surface area (Å²) in [6.45, 7) is 1.55. The Morgan fingerprint density at radius 2 is 2.44 bits per heavy atom. The molecule has 0 spiro atoms. The molecule has 1 atom stereocenters. The molecule has 18 heavy (non-hydrogen) atoms. The first-order valence-electron chi connectivity index (χ1n) is 6.19. The van der Waals surface area contributed by atoms with Gasteiger partial charge in [0.15, 0.2) is 11.4 Å². The Morgan fingerprint density at radius 3 is 3.17 bits per heavy atom. The molecule has 0 aromatic carbocycles. The molecule has 1 aliphatic rings. The van der Waals surface area contributed by atoms with Gasteiger partial charge < -0.3 is 15.2 Å². The number of ether oxygens (including phenoxy) is 2. The van der Waals surface area contributed by atoms with Gasteiger partial charge in [-0.3, -0.25) is 4.40 Å². The van der Waals surface area contributed by atoms with Gasteiger partial charge in [0.25, 0.3) is 0 Å². The van der Waals surface area contributed by atoms with Crippen LogP contribution in [0.1, 0.15) is 24.5 Å². The first kappa shape index (κ1) is 11.3. The Hall–Kier alpha value is -1.75. The van der Waals surface area contributed by atoms with Crippen molar-refractivity contribution < 1.29 is 9.47 Å². The van der Waals surface area contributed by atoms with Gasteiger partial charge >= 0.3 is 0 Å². The number of hydrogen-bond acceptors (Lipinski definition) is 4. The molecule has 0 saturated carbocycles. The average molecular weight is 247 g/mol. The minimum atomic E-state index is 0.295. The lowest BCUT2D eigenvalue weighted by molar-refractivity contribution is 0.0796. The van der Waals surface area contributed by atoms with Crippen molar-refractivity contribution in [1.82, 2.24) is 9.38 Å². The summed E-state index contributed by atoms with van der Waals surface area (Å²) in [6, 6.07) is 3.80. The largest absolute Gasteiger partial charge is 0.493 e. The quantitative estimate of drug-likeness (QED) is 0.879. The summed E-state index contributed by atoms with van der Waals surface area (Å²) in [5.41, 5.74) is 7.89. The third kappa shape index (κ3) is 1.71. The zero-order valence-electron chi connectivity index (χ0n) is 10.4. The number of imidazole rings is 1. The highest BCUT2D eigenvalue weighted by molar-refractivity contribution is 5.61. The summed E-state index contributed by atoms with van der Waals surface area (Å²) in [5.74, 6) is 1.73. The van der Waals surface area contributed by atoms with E-state index in [1.54, 1.807) is 7.11 Å². The third-order valence-electron chi connectivity index (χ3n) is 3.45. The predicted octanol–water partition coefficient (Wildman–Crippen LogP) is 1.82. The first-order chi connectivity index (χ1) is 8.81. The van der Waals surface area contributed by atoms with Gasteiger partial charge in [-0.1, -0.05) is 0 Å². The van der Waals surface area contributed by atoms with Crippen molar-refractivity contribution in [2.24, 2.45) is 0 Å². The molecule has 0 amide bonds. The first-order valence-corrected chi connectivity index (χ1v) is 6.19. The Morgan fingerprint density at radius 1 is 1.56 bits per heavy atom. The fourth-order valence-electron chi connectivity index (χ4n) is 2.49. The summed E-state index contributed by atoms with van der Waals surface area (Å²) in [7, 11) is 1.64. The van der Waals surface area contributed by atoms with E-state index in [2.05, 4.69) is 4.98 Å². The van der Waals surface area contributed by atoms with Gasteiger partial charge in [0, 0.05) is 18.7 Å². The van der Waals surface area contributed by atoms with E-state index in [1.807, 2.05) is 22.7 Å². The molecule has 0 aliphatic carbocycles. The molecular weight excluding hydrogens is 230 g/mol. The Kier molecular flexibility index (Phi) is 2.83. The van der Waals surface area contributed by atoms with Crippen molar-refractivity contribution >= 4 is 11.5 Å². The number of nitrogens with zero attached hydrogens (tertiary/aromatic N) is 2. The molecule has 0 bridgehead atoms. The van der Waals surface area contributed by atoms with Gasteiger partial charge in [0.05, 0.1) is 19.4 Å². The van der Waals surface area contributed by atoms with Crippen LogP contribution in [0.4, 0.5) is 5.82 Å². The summed E-state index contributed by atoms with van der Waals surface area (Å²) in [4.78, 5) is 4.64. The molecule has 3 heterocycles. The van der Waals surface area contributed by atoms with E-state index >= 15 is 0 Å². The molecule has 0 radical (unpaired) electrons. The summed E-state index contributed by atoms with van der Waals surface area (Å²) in [6.07, 6.45) is 4.05. The molecule has 2 aromatic heterocycles. The lowest BCUT2D eigenvalue weighted by Crippen LogP contribution is -2.17. The lowest BCUT2D eigenvalue weighted by Gasteiger charge is -2.20. The molecule has 1 aliphatic heterocycles. The van der Waals surface area contributed by atoms with Crippen LogP contribution < -0.4 is 10.5 Å². The van der Waals surface area contributed by atoms with Gasteiger partial charge in [-0.05, 0) is 25.0 Å². The van der Waals surface area contributed by atoms with E-state index in [-0.39, 0.29) is 0 Å². The number of nitrogen functional groups attached to an aromatic ring is 1. The second-order valence-electron chi connectivity index (χ2n) is 4.57. The lowest BCUT2D eigenvalue weighted by atomic mass is 9.99. The van der Waals surface area contributed by atoms with Gasteiger partial charge in [-0.15, -0.1) is 0 Å². The van der Waals surface area contributed by atoms with Crippen LogP contribution >= 0.6 is 0 Å². The predicted molar refractivity (Wildman–Crippen MR) is 69.0 cm³/mol. The van der Waals surface area contributed by atoms with Crippen molar-refractivity contribution in [1.29, 1.82) is 0 Å². The number of nitrogens with two attached hydrogens (primary N) is 1. The maximum Gasteiger partial charge on any atom is 0.181 e. The van der Waals surface area contributed by atoms with Crippen LogP contribution in [0.25, 0.3) is 5.65 Å². The van der Waals surface area contributed by atoms with Crippen LogP contribution in [-0.2, 0) is 4.74 Å². The van der Waals surface area contributed by atoms with Crippen LogP contribution in [0.3, 0.4) is 0 Å². The van der Waals surface area contributed by atoms with E-state index < -0.39 is 0 Å². The number of anilines is 1. The molecule has 3 rings (SSSR count). The molecular formula is C13H17N3O2. The van der Waals surface area contributed by atoms with Gasteiger partial charge in [-0.2, -0.15) is 0 Å². The zero-order valence-corrected chi connectivity index (χ0v) is 10.4. The fraction of sp³-hybridized carbons (Fsp3) is 0.462. The minimum Gasteiger partial charge on any atom is -0.493 e. The number of pyridine rings is 1. The number of aromatic nitrogens is 2. The monoisotopic (exact) mass is 247 g/mol. The molecule has 2 aromatic rings. The van der Waals surface area contributed by atoms with Crippen molar-refractivity contribution in [2.45, 2.75) is 18.8 Å². The Labute approximate surface area is 106 Å². The van der Waals surface area contributed by atoms with Gasteiger partial charge in [0.2, 0.25) is 0 Å². The van der Waals surface area contributed by atoms with E-state index in [4.69, 9.17) is 15.2 Å². The van der Waals surface area contributed by atoms with Gasteiger partial charge in [-0.25, -0.2) is 4.98 Å². The maximum atomic E-state index is 6.18. The van der Waals surface area contributed by atoms with Gasteiger partial charge in [0.1, 0.15) is 5.82 Å². The Bertz CT molecular complexity index is 559.